The molecular weight excluding hydrogens is 301 g/mol. The van der Waals surface area contributed by atoms with Crippen LogP contribution in [0, 0.1) is 11.7 Å². The lowest BCUT2D eigenvalue weighted by atomic mass is 10.1. The quantitative estimate of drug-likeness (QED) is 0.841. The van der Waals surface area contributed by atoms with E-state index >= 15 is 0 Å². The van der Waals surface area contributed by atoms with Gasteiger partial charge < -0.3 is 10.4 Å². The van der Waals surface area contributed by atoms with Gasteiger partial charge in [-0.05, 0) is 40.5 Å². The van der Waals surface area contributed by atoms with Crippen LogP contribution in [0.15, 0.2) is 34.8 Å². The summed E-state index contributed by atoms with van der Waals surface area (Å²) >= 11 is 3.05. The molecule has 96 valence electrons. The van der Waals surface area contributed by atoms with Crippen LogP contribution >= 0.6 is 15.9 Å². The molecule has 5 heteroatoms. The fourth-order valence-electron chi connectivity index (χ4n) is 1.91. The fourth-order valence-corrected chi connectivity index (χ4v) is 2.28. The molecule has 2 atom stereocenters. The van der Waals surface area contributed by atoms with Crippen molar-refractivity contribution in [2.45, 2.75) is 12.5 Å². The van der Waals surface area contributed by atoms with E-state index < -0.39 is 5.82 Å². The van der Waals surface area contributed by atoms with Gasteiger partial charge in [0.15, 0.2) is 0 Å². The van der Waals surface area contributed by atoms with Crippen molar-refractivity contribution in [3.63, 3.8) is 0 Å². The lowest BCUT2D eigenvalue weighted by Gasteiger charge is -2.12. The number of amides is 1. The normalized spacial score (nSPS) is 22.2. The highest BCUT2D eigenvalue weighted by Crippen LogP contribution is 2.19. The summed E-state index contributed by atoms with van der Waals surface area (Å²) in [5.41, 5.74) is 0.407. The van der Waals surface area contributed by atoms with Gasteiger partial charge in [0, 0.05) is 24.1 Å². The lowest BCUT2D eigenvalue weighted by Crippen LogP contribution is -2.32. The zero-order valence-electron chi connectivity index (χ0n) is 9.57. The molecule has 2 rings (SSSR count). The van der Waals surface area contributed by atoms with Crippen molar-refractivity contribution in [1.82, 2.24) is 5.32 Å². The summed E-state index contributed by atoms with van der Waals surface area (Å²) in [4.78, 5) is 11.9. The third-order valence-corrected chi connectivity index (χ3v) is 3.51. The molecule has 1 aromatic carbocycles. The number of hydrogen-bond donors (Lipinski definition) is 2. The van der Waals surface area contributed by atoms with Crippen LogP contribution < -0.4 is 5.32 Å². The number of hydrogen-bond acceptors (Lipinski definition) is 2. The van der Waals surface area contributed by atoms with Crippen molar-refractivity contribution in [3.8, 4) is 0 Å². The summed E-state index contributed by atoms with van der Waals surface area (Å²) in [6.45, 7) is 0.0883. The Kier molecular flexibility index (Phi) is 4.14. The monoisotopic (exact) mass is 313 g/mol. The minimum Gasteiger partial charge on any atom is -0.396 e. The zero-order chi connectivity index (χ0) is 13.1. The van der Waals surface area contributed by atoms with Gasteiger partial charge >= 0.3 is 0 Å². The molecule has 0 unspecified atom stereocenters. The van der Waals surface area contributed by atoms with E-state index in [2.05, 4.69) is 21.2 Å². The number of aliphatic hydroxyl groups is 1. The number of nitrogens with one attached hydrogen (secondary N) is 1. The smallest absolute Gasteiger partial charge is 0.251 e. The Labute approximate surface area is 113 Å². The van der Waals surface area contributed by atoms with Crippen molar-refractivity contribution < 1.29 is 14.3 Å². The first-order valence-electron chi connectivity index (χ1n) is 5.65. The second-order valence-corrected chi connectivity index (χ2v) is 5.13. The van der Waals surface area contributed by atoms with E-state index in [0.717, 1.165) is 0 Å². The van der Waals surface area contributed by atoms with E-state index in [4.69, 9.17) is 5.11 Å². The van der Waals surface area contributed by atoms with Gasteiger partial charge in [0.1, 0.15) is 5.82 Å². The SMILES string of the molecule is O=C(N[C@@H]1C=C[C@H](CO)C1)c1ccc(F)c(Br)c1. The van der Waals surface area contributed by atoms with E-state index in [9.17, 15) is 9.18 Å². The first-order chi connectivity index (χ1) is 8.60. The van der Waals surface area contributed by atoms with Crippen molar-refractivity contribution in [2.75, 3.05) is 6.61 Å². The summed E-state index contributed by atoms with van der Waals surface area (Å²) in [5.74, 6) is -0.535. The van der Waals surface area contributed by atoms with Crippen LogP contribution in [0.25, 0.3) is 0 Å². The Hall–Kier alpha value is -1.20. The number of benzene rings is 1. The third kappa shape index (κ3) is 2.97. The molecule has 0 aliphatic heterocycles. The van der Waals surface area contributed by atoms with Crippen LogP contribution in [0.3, 0.4) is 0 Å². The second kappa shape index (κ2) is 5.63. The predicted octanol–water partition coefficient (Wildman–Crippen LogP) is 2.25. The van der Waals surface area contributed by atoms with Crippen molar-refractivity contribution in [1.29, 1.82) is 0 Å². The van der Waals surface area contributed by atoms with E-state index in [-0.39, 0.29) is 28.9 Å². The summed E-state index contributed by atoms with van der Waals surface area (Å²) in [6.07, 6.45) is 4.47. The molecule has 0 radical (unpaired) electrons. The molecule has 18 heavy (non-hydrogen) atoms. The largest absolute Gasteiger partial charge is 0.396 e. The average molecular weight is 314 g/mol. The zero-order valence-corrected chi connectivity index (χ0v) is 11.2. The van der Waals surface area contributed by atoms with Crippen molar-refractivity contribution in [3.05, 3.63) is 46.2 Å². The minimum atomic E-state index is -0.396. The Balaban J connectivity index is 2.00. The fraction of sp³-hybridized carbons (Fsp3) is 0.308. The van der Waals surface area contributed by atoms with E-state index in [0.29, 0.717) is 12.0 Å². The second-order valence-electron chi connectivity index (χ2n) is 4.27. The molecule has 0 bridgehead atoms. The maximum absolute atomic E-state index is 13.0. The highest BCUT2D eigenvalue weighted by molar-refractivity contribution is 9.10. The first-order valence-corrected chi connectivity index (χ1v) is 6.44. The number of carbonyl (C=O) groups is 1. The summed E-state index contributed by atoms with van der Waals surface area (Å²) < 4.78 is 13.3. The highest BCUT2D eigenvalue weighted by Gasteiger charge is 2.20. The topological polar surface area (TPSA) is 49.3 Å². The standard InChI is InChI=1S/C13H13BrFNO2/c14-11-6-9(2-4-12(11)15)13(18)16-10-3-1-8(5-10)7-17/h1-4,6,8,10,17H,5,7H2,(H,16,18)/t8-,10+/m0/s1. The van der Waals surface area contributed by atoms with Gasteiger partial charge in [-0.2, -0.15) is 0 Å². The lowest BCUT2D eigenvalue weighted by molar-refractivity contribution is 0.0941. The Morgan fingerprint density at radius 3 is 2.89 bits per heavy atom. The number of rotatable bonds is 3. The summed E-state index contributed by atoms with van der Waals surface area (Å²) in [7, 11) is 0. The molecular formula is C13H13BrFNO2. The summed E-state index contributed by atoms with van der Waals surface area (Å²) in [6, 6.07) is 4.07. The molecule has 1 aliphatic rings. The molecule has 0 saturated carbocycles. The molecule has 0 saturated heterocycles. The molecule has 1 amide bonds. The molecule has 2 N–H and O–H groups in total. The summed E-state index contributed by atoms with van der Waals surface area (Å²) in [5, 5.41) is 11.8. The molecule has 3 nitrogen and oxygen atoms in total. The third-order valence-electron chi connectivity index (χ3n) is 2.91. The molecule has 0 spiro atoms. The Morgan fingerprint density at radius 1 is 1.50 bits per heavy atom. The maximum atomic E-state index is 13.0. The van der Waals surface area contributed by atoms with Gasteiger partial charge in [-0.15, -0.1) is 0 Å². The van der Waals surface area contributed by atoms with E-state index in [1.165, 1.54) is 18.2 Å². The molecule has 1 aliphatic carbocycles. The van der Waals surface area contributed by atoms with Crippen LogP contribution in [0.4, 0.5) is 4.39 Å². The highest BCUT2D eigenvalue weighted by atomic mass is 79.9. The van der Waals surface area contributed by atoms with Crippen molar-refractivity contribution in [2.24, 2.45) is 5.92 Å². The van der Waals surface area contributed by atoms with Gasteiger partial charge in [-0.1, -0.05) is 12.2 Å². The molecule has 0 heterocycles. The minimum absolute atomic E-state index is 0.0709. The van der Waals surface area contributed by atoms with Crippen molar-refractivity contribution >= 4 is 21.8 Å². The van der Waals surface area contributed by atoms with Crippen LogP contribution in [-0.4, -0.2) is 23.7 Å². The van der Waals surface area contributed by atoms with Gasteiger partial charge in [0.05, 0.1) is 4.47 Å². The Bertz CT molecular complexity index is 490. The number of aliphatic hydroxyl groups excluding tert-OH is 1. The maximum Gasteiger partial charge on any atom is 0.251 e. The van der Waals surface area contributed by atoms with Gasteiger partial charge in [-0.3, -0.25) is 4.79 Å². The Morgan fingerprint density at radius 2 is 2.28 bits per heavy atom. The van der Waals surface area contributed by atoms with Gasteiger partial charge in [-0.25, -0.2) is 4.39 Å². The van der Waals surface area contributed by atoms with Crippen LogP contribution in [0.5, 0.6) is 0 Å². The van der Waals surface area contributed by atoms with E-state index in [1.807, 2.05) is 12.2 Å². The van der Waals surface area contributed by atoms with Crippen LogP contribution in [0.1, 0.15) is 16.8 Å². The first kappa shape index (κ1) is 13.2. The number of halogens is 2. The molecule has 0 fully saturated rings. The number of carbonyl (C=O) groups excluding carboxylic acids is 1. The average Bonchev–Trinajstić information content (AvgIpc) is 2.80. The molecule has 0 aromatic heterocycles. The van der Waals surface area contributed by atoms with E-state index in [1.54, 1.807) is 0 Å². The van der Waals surface area contributed by atoms with Crippen LogP contribution in [0.2, 0.25) is 0 Å². The van der Waals surface area contributed by atoms with Gasteiger partial charge in [0.25, 0.3) is 5.91 Å². The van der Waals surface area contributed by atoms with Gasteiger partial charge in [0.2, 0.25) is 0 Å². The predicted molar refractivity (Wildman–Crippen MR) is 69.7 cm³/mol. The molecule has 1 aromatic rings. The van der Waals surface area contributed by atoms with Crippen LogP contribution in [-0.2, 0) is 0 Å².